The molecule has 0 saturated carbocycles. The average Bonchev–Trinajstić information content (AvgIpc) is 2.71. The number of nitrogens with two attached hydrogens (primary N) is 1. The molecule has 2 heterocycles. The highest BCUT2D eigenvalue weighted by Crippen LogP contribution is 2.21. The normalized spacial score (nSPS) is 20.4. The van der Waals surface area contributed by atoms with Crippen LogP contribution in [-0.4, -0.2) is 29.0 Å². The van der Waals surface area contributed by atoms with Crippen molar-refractivity contribution in [2.45, 2.75) is 32.4 Å². The predicted molar refractivity (Wildman–Crippen MR) is 71.0 cm³/mol. The van der Waals surface area contributed by atoms with Gasteiger partial charge < -0.3 is 5.73 Å². The highest BCUT2D eigenvalue weighted by atomic mass is 35.5. The summed E-state index contributed by atoms with van der Waals surface area (Å²) in [6.45, 7) is 5.56. The van der Waals surface area contributed by atoms with Gasteiger partial charge in [0.15, 0.2) is 0 Å². The van der Waals surface area contributed by atoms with Crippen LogP contribution in [0.4, 0.5) is 0 Å². The number of halogens is 1. The van der Waals surface area contributed by atoms with E-state index in [0.29, 0.717) is 6.04 Å². The van der Waals surface area contributed by atoms with Crippen molar-refractivity contribution < 1.29 is 0 Å². The lowest BCUT2D eigenvalue weighted by atomic mass is 9.91. The largest absolute Gasteiger partial charge is 0.328 e. The molecular formula is C11H20ClN3S. The van der Waals surface area contributed by atoms with E-state index in [-0.39, 0.29) is 12.4 Å². The van der Waals surface area contributed by atoms with Gasteiger partial charge >= 0.3 is 0 Å². The first-order chi connectivity index (χ1) is 7.25. The molecule has 0 amide bonds. The van der Waals surface area contributed by atoms with Crippen LogP contribution in [0.1, 0.15) is 24.6 Å². The lowest BCUT2D eigenvalue weighted by Gasteiger charge is -2.33. The second kappa shape index (κ2) is 6.55. The fourth-order valence-electron chi connectivity index (χ4n) is 2.18. The minimum atomic E-state index is 0. The van der Waals surface area contributed by atoms with Crippen molar-refractivity contribution in [1.29, 1.82) is 0 Å². The molecule has 0 bridgehead atoms. The molecule has 1 aliphatic rings. The van der Waals surface area contributed by atoms with E-state index >= 15 is 0 Å². The summed E-state index contributed by atoms with van der Waals surface area (Å²) in [5.41, 5.74) is 7.83. The van der Waals surface area contributed by atoms with Crippen molar-refractivity contribution >= 4 is 23.7 Å². The van der Waals surface area contributed by atoms with E-state index in [1.807, 2.05) is 11.7 Å². The van der Waals surface area contributed by atoms with E-state index in [1.165, 1.54) is 30.8 Å². The maximum Gasteiger partial charge on any atom is 0.0794 e. The zero-order chi connectivity index (χ0) is 10.7. The Hall–Kier alpha value is -0.160. The molecule has 1 atom stereocenters. The van der Waals surface area contributed by atoms with Gasteiger partial charge in [-0.1, -0.05) is 0 Å². The van der Waals surface area contributed by atoms with Gasteiger partial charge in [-0.05, 0) is 38.8 Å². The van der Waals surface area contributed by atoms with Gasteiger partial charge in [-0.25, -0.2) is 0 Å². The molecule has 0 spiro atoms. The Kier molecular flexibility index (Phi) is 5.69. The number of hydrogen-bond donors (Lipinski definition) is 1. The van der Waals surface area contributed by atoms with Gasteiger partial charge in [-0.2, -0.15) is 0 Å². The van der Waals surface area contributed by atoms with Gasteiger partial charge in [0, 0.05) is 23.7 Å². The maximum absolute atomic E-state index is 5.92. The zero-order valence-electron chi connectivity index (χ0n) is 9.63. The molecule has 0 radical (unpaired) electrons. The Balaban J connectivity index is 0.00000128. The minimum absolute atomic E-state index is 0. The van der Waals surface area contributed by atoms with Crippen LogP contribution in [0.3, 0.4) is 0 Å². The third-order valence-corrected chi connectivity index (χ3v) is 4.00. The van der Waals surface area contributed by atoms with Gasteiger partial charge in [0.1, 0.15) is 0 Å². The van der Waals surface area contributed by atoms with Crippen LogP contribution in [0, 0.1) is 5.92 Å². The molecule has 1 aromatic heterocycles. The van der Waals surface area contributed by atoms with Crippen LogP contribution in [-0.2, 0) is 6.54 Å². The number of likely N-dealkylation sites (tertiary alicyclic amines) is 1. The van der Waals surface area contributed by atoms with Crippen LogP contribution >= 0.6 is 23.7 Å². The smallest absolute Gasteiger partial charge is 0.0794 e. The number of aromatic nitrogens is 1. The molecule has 1 aliphatic heterocycles. The van der Waals surface area contributed by atoms with Gasteiger partial charge in [-0.15, -0.1) is 23.7 Å². The molecule has 2 N–H and O–H groups in total. The van der Waals surface area contributed by atoms with Gasteiger partial charge in [0.25, 0.3) is 0 Å². The summed E-state index contributed by atoms with van der Waals surface area (Å²) in [5, 5.41) is 0. The van der Waals surface area contributed by atoms with Crippen LogP contribution in [0.2, 0.25) is 0 Å². The standard InChI is InChI=1S/C11H19N3S.ClH/c1-9(12)10-2-4-14(5-3-10)7-11-6-13-8-15-11;/h6,8-10H,2-5,7,12H2,1H3;1H. The fourth-order valence-corrected chi connectivity index (χ4v) is 2.81. The topological polar surface area (TPSA) is 42.1 Å². The Bertz CT molecular complexity index is 281. The number of hydrogen-bond acceptors (Lipinski definition) is 4. The third-order valence-electron chi connectivity index (χ3n) is 3.24. The van der Waals surface area contributed by atoms with Gasteiger partial charge in [-0.3, -0.25) is 9.88 Å². The van der Waals surface area contributed by atoms with Crippen LogP contribution < -0.4 is 5.73 Å². The number of nitrogens with zero attached hydrogens (tertiary/aromatic N) is 2. The molecule has 2 rings (SSSR count). The summed E-state index contributed by atoms with van der Waals surface area (Å²) in [4.78, 5) is 7.98. The van der Waals surface area contributed by atoms with Crippen LogP contribution in [0.15, 0.2) is 11.7 Å². The molecule has 1 fully saturated rings. The highest BCUT2D eigenvalue weighted by Gasteiger charge is 2.21. The van der Waals surface area contributed by atoms with Crippen molar-refractivity contribution in [2.75, 3.05) is 13.1 Å². The molecule has 1 aromatic rings. The summed E-state index contributed by atoms with van der Waals surface area (Å²) in [5.74, 6) is 0.725. The average molecular weight is 262 g/mol. The fraction of sp³-hybridized carbons (Fsp3) is 0.727. The lowest BCUT2D eigenvalue weighted by Crippen LogP contribution is -2.39. The molecule has 16 heavy (non-hydrogen) atoms. The van der Waals surface area contributed by atoms with E-state index in [9.17, 15) is 0 Å². The van der Waals surface area contributed by atoms with Crippen molar-refractivity contribution in [3.8, 4) is 0 Å². The van der Waals surface area contributed by atoms with Gasteiger partial charge in [0.2, 0.25) is 0 Å². The molecular weight excluding hydrogens is 242 g/mol. The number of thiazole rings is 1. The van der Waals surface area contributed by atoms with Crippen molar-refractivity contribution in [2.24, 2.45) is 11.7 Å². The zero-order valence-corrected chi connectivity index (χ0v) is 11.3. The van der Waals surface area contributed by atoms with Gasteiger partial charge in [0.05, 0.1) is 5.51 Å². The van der Waals surface area contributed by atoms with E-state index in [2.05, 4.69) is 16.8 Å². The maximum atomic E-state index is 5.92. The first-order valence-corrected chi connectivity index (χ1v) is 6.49. The lowest BCUT2D eigenvalue weighted by molar-refractivity contribution is 0.167. The molecule has 92 valence electrons. The highest BCUT2D eigenvalue weighted by molar-refractivity contribution is 7.09. The van der Waals surface area contributed by atoms with E-state index in [4.69, 9.17) is 5.73 Å². The Morgan fingerprint density at radius 1 is 1.56 bits per heavy atom. The van der Waals surface area contributed by atoms with E-state index in [0.717, 1.165) is 12.5 Å². The summed E-state index contributed by atoms with van der Waals surface area (Å²) in [6, 6.07) is 0.357. The van der Waals surface area contributed by atoms with Crippen LogP contribution in [0.25, 0.3) is 0 Å². The second-order valence-corrected chi connectivity index (χ2v) is 5.41. The Labute approximate surface area is 107 Å². The predicted octanol–water partition coefficient (Wildman–Crippen LogP) is 2.12. The second-order valence-electron chi connectivity index (χ2n) is 4.44. The summed E-state index contributed by atoms with van der Waals surface area (Å²) < 4.78 is 0. The molecule has 0 aliphatic carbocycles. The van der Waals surface area contributed by atoms with E-state index in [1.54, 1.807) is 11.3 Å². The Morgan fingerprint density at radius 2 is 2.25 bits per heavy atom. The molecule has 5 heteroatoms. The van der Waals surface area contributed by atoms with Crippen molar-refractivity contribution in [3.63, 3.8) is 0 Å². The number of rotatable bonds is 3. The monoisotopic (exact) mass is 261 g/mol. The van der Waals surface area contributed by atoms with E-state index < -0.39 is 0 Å². The quantitative estimate of drug-likeness (QED) is 0.906. The molecule has 1 saturated heterocycles. The molecule has 0 aromatic carbocycles. The summed E-state index contributed by atoms with van der Waals surface area (Å²) in [7, 11) is 0. The SMILES string of the molecule is CC(N)C1CCN(Cc2cncs2)CC1.Cl. The summed E-state index contributed by atoms with van der Waals surface area (Å²) in [6.07, 6.45) is 4.47. The summed E-state index contributed by atoms with van der Waals surface area (Å²) >= 11 is 1.75. The third kappa shape index (κ3) is 3.70. The Morgan fingerprint density at radius 3 is 2.75 bits per heavy atom. The first kappa shape index (κ1) is 13.9. The minimum Gasteiger partial charge on any atom is -0.328 e. The van der Waals surface area contributed by atoms with Crippen molar-refractivity contribution in [1.82, 2.24) is 9.88 Å². The molecule has 1 unspecified atom stereocenters. The molecule has 3 nitrogen and oxygen atoms in total. The van der Waals surface area contributed by atoms with Crippen molar-refractivity contribution in [3.05, 3.63) is 16.6 Å². The van der Waals surface area contributed by atoms with Crippen LogP contribution in [0.5, 0.6) is 0 Å². The number of piperidine rings is 1. The first-order valence-electron chi connectivity index (χ1n) is 5.61.